The van der Waals surface area contributed by atoms with Gasteiger partial charge in [-0.15, -0.1) is 0 Å². The summed E-state index contributed by atoms with van der Waals surface area (Å²) in [5.74, 6) is 0.284. The number of nitrogens with zero attached hydrogens (tertiary/aromatic N) is 1. The van der Waals surface area contributed by atoms with Gasteiger partial charge >= 0.3 is 5.97 Å². The number of carbonyl (C=O) groups excluding carboxylic acids is 1. The van der Waals surface area contributed by atoms with Crippen LogP contribution in [0.3, 0.4) is 0 Å². The minimum Gasteiger partial charge on any atom is -0.459 e. The molecule has 0 spiro atoms. The van der Waals surface area contributed by atoms with Gasteiger partial charge < -0.3 is 4.74 Å². The second kappa shape index (κ2) is 4.33. The molecule has 0 bridgehead atoms. The maximum atomic E-state index is 11.9. The van der Waals surface area contributed by atoms with Gasteiger partial charge in [0.15, 0.2) is 0 Å². The zero-order valence-electron chi connectivity index (χ0n) is 10.5. The van der Waals surface area contributed by atoms with Gasteiger partial charge in [-0.25, -0.2) is 0 Å². The molecule has 3 rings (SSSR count). The molecule has 0 heterocycles. The molecule has 0 aliphatic heterocycles. The fourth-order valence-corrected chi connectivity index (χ4v) is 2.54. The van der Waals surface area contributed by atoms with Crippen LogP contribution in [0.15, 0.2) is 24.3 Å². The molecule has 0 N–H and O–H groups in total. The van der Waals surface area contributed by atoms with Crippen molar-refractivity contribution in [2.45, 2.75) is 37.7 Å². The molecule has 100 valence electrons. The van der Waals surface area contributed by atoms with Crippen LogP contribution in [0.5, 0.6) is 0 Å². The van der Waals surface area contributed by atoms with E-state index in [1.807, 2.05) is 0 Å². The predicted molar refractivity (Wildman–Crippen MR) is 67.6 cm³/mol. The fourth-order valence-electron chi connectivity index (χ4n) is 2.54. The maximum Gasteiger partial charge on any atom is 0.310 e. The molecule has 0 saturated heterocycles. The first-order chi connectivity index (χ1) is 9.09. The normalized spacial score (nSPS) is 19.8. The van der Waals surface area contributed by atoms with Crippen LogP contribution in [0, 0.1) is 16.0 Å². The van der Waals surface area contributed by atoms with Crippen molar-refractivity contribution in [3.8, 4) is 0 Å². The zero-order valence-corrected chi connectivity index (χ0v) is 10.5. The van der Waals surface area contributed by atoms with Gasteiger partial charge in [-0.3, -0.25) is 14.9 Å². The monoisotopic (exact) mass is 261 g/mol. The van der Waals surface area contributed by atoms with E-state index in [1.165, 1.54) is 12.1 Å². The summed E-state index contributed by atoms with van der Waals surface area (Å²) in [4.78, 5) is 22.1. The number of nitro benzene ring substituents is 1. The Morgan fingerprint density at radius 1 is 1.42 bits per heavy atom. The molecular formula is C14H15NO4. The number of hydrogen-bond acceptors (Lipinski definition) is 4. The first-order valence-corrected chi connectivity index (χ1v) is 6.54. The van der Waals surface area contributed by atoms with Crippen LogP contribution < -0.4 is 0 Å². The summed E-state index contributed by atoms with van der Waals surface area (Å²) in [7, 11) is 0. The summed E-state index contributed by atoms with van der Waals surface area (Å²) in [6.07, 6.45) is 4.36. The molecule has 1 aromatic rings. The maximum absolute atomic E-state index is 11.9. The van der Waals surface area contributed by atoms with Gasteiger partial charge in [-0.05, 0) is 37.2 Å². The molecule has 0 amide bonds. The number of nitro groups is 1. The lowest BCUT2D eigenvalue weighted by Crippen LogP contribution is -2.23. The highest BCUT2D eigenvalue weighted by Gasteiger charge is 2.57. The van der Waals surface area contributed by atoms with Gasteiger partial charge in [0, 0.05) is 12.1 Å². The highest BCUT2D eigenvalue weighted by Crippen LogP contribution is 2.56. The topological polar surface area (TPSA) is 69.4 Å². The van der Waals surface area contributed by atoms with Crippen molar-refractivity contribution in [3.63, 3.8) is 0 Å². The van der Waals surface area contributed by atoms with Gasteiger partial charge in [0.25, 0.3) is 5.69 Å². The summed E-state index contributed by atoms with van der Waals surface area (Å²) >= 11 is 0. The van der Waals surface area contributed by atoms with E-state index in [0.717, 1.165) is 25.7 Å². The first-order valence-electron chi connectivity index (χ1n) is 6.54. The quantitative estimate of drug-likeness (QED) is 0.464. The van der Waals surface area contributed by atoms with Gasteiger partial charge in [0.05, 0.1) is 11.3 Å². The minimum absolute atomic E-state index is 0.00799. The van der Waals surface area contributed by atoms with Crippen molar-refractivity contribution < 1.29 is 14.5 Å². The van der Waals surface area contributed by atoms with Crippen LogP contribution in [0.4, 0.5) is 5.69 Å². The van der Waals surface area contributed by atoms with Gasteiger partial charge in [-0.2, -0.15) is 0 Å². The third-order valence-electron chi connectivity index (χ3n) is 3.85. The largest absolute Gasteiger partial charge is 0.459 e. The Hall–Kier alpha value is -1.91. The summed E-state index contributed by atoms with van der Waals surface area (Å²) in [5.41, 5.74) is 0.456. The number of ether oxygens (including phenoxy) is 1. The average Bonchev–Trinajstić information content (AvgIpc) is 3.23. The molecule has 2 saturated carbocycles. The van der Waals surface area contributed by atoms with E-state index in [1.54, 1.807) is 12.1 Å². The van der Waals surface area contributed by atoms with Crippen LogP contribution in [0.2, 0.25) is 0 Å². The van der Waals surface area contributed by atoms with Crippen LogP contribution in [-0.2, 0) is 16.0 Å². The third-order valence-corrected chi connectivity index (χ3v) is 3.85. The predicted octanol–water partition coefficient (Wildman–Crippen LogP) is 2.62. The molecule has 0 atom stereocenters. The number of esters is 1. The van der Waals surface area contributed by atoms with Gasteiger partial charge in [0.2, 0.25) is 0 Å². The van der Waals surface area contributed by atoms with Crippen LogP contribution in [0.1, 0.15) is 31.2 Å². The lowest BCUT2D eigenvalue weighted by Gasteiger charge is -2.15. The van der Waals surface area contributed by atoms with Crippen molar-refractivity contribution in [2.24, 2.45) is 5.92 Å². The van der Waals surface area contributed by atoms with Crippen molar-refractivity contribution in [1.82, 2.24) is 0 Å². The second-order valence-corrected chi connectivity index (χ2v) is 5.42. The number of non-ortho nitro benzene ring substituents is 1. The van der Waals surface area contributed by atoms with E-state index in [0.29, 0.717) is 11.5 Å². The van der Waals surface area contributed by atoms with Crippen LogP contribution in [-0.4, -0.2) is 16.5 Å². The fraction of sp³-hybridized carbons (Fsp3) is 0.500. The standard InChI is InChI=1S/C14H15NO4/c16-13(19-14(6-7-14)11-4-5-11)9-10-2-1-3-12(8-10)15(17)18/h1-3,8,11H,4-7,9H2. The third kappa shape index (κ3) is 2.59. The van der Waals surface area contributed by atoms with Crippen molar-refractivity contribution in [2.75, 3.05) is 0 Å². The summed E-state index contributed by atoms with van der Waals surface area (Å²) in [6, 6.07) is 6.15. The zero-order chi connectivity index (χ0) is 13.5. The number of carbonyl (C=O) groups is 1. The Labute approximate surface area is 110 Å². The minimum atomic E-state index is -0.457. The molecule has 2 aliphatic rings. The molecule has 0 radical (unpaired) electrons. The molecule has 0 unspecified atom stereocenters. The number of hydrogen-bond donors (Lipinski definition) is 0. The number of benzene rings is 1. The molecule has 19 heavy (non-hydrogen) atoms. The van der Waals surface area contributed by atoms with E-state index >= 15 is 0 Å². The van der Waals surface area contributed by atoms with Crippen molar-refractivity contribution >= 4 is 11.7 Å². The lowest BCUT2D eigenvalue weighted by atomic mass is 10.1. The average molecular weight is 261 g/mol. The second-order valence-electron chi connectivity index (χ2n) is 5.42. The first kappa shape index (κ1) is 12.1. The highest BCUT2D eigenvalue weighted by molar-refractivity contribution is 5.73. The molecule has 2 aliphatic carbocycles. The van der Waals surface area contributed by atoms with E-state index in [-0.39, 0.29) is 23.7 Å². The number of rotatable bonds is 5. The van der Waals surface area contributed by atoms with Crippen LogP contribution >= 0.6 is 0 Å². The Bertz CT molecular complexity index is 532. The van der Waals surface area contributed by atoms with Gasteiger partial charge in [-0.1, -0.05) is 12.1 Å². The Balaban J connectivity index is 1.63. The van der Waals surface area contributed by atoms with E-state index in [4.69, 9.17) is 4.74 Å². The smallest absolute Gasteiger partial charge is 0.310 e. The summed E-state index contributed by atoms with van der Waals surface area (Å²) in [5, 5.41) is 10.7. The van der Waals surface area contributed by atoms with Crippen molar-refractivity contribution in [3.05, 3.63) is 39.9 Å². The molecule has 5 nitrogen and oxygen atoms in total. The molecule has 1 aromatic carbocycles. The van der Waals surface area contributed by atoms with E-state index in [2.05, 4.69) is 0 Å². The van der Waals surface area contributed by atoms with Gasteiger partial charge in [0.1, 0.15) is 5.60 Å². The Morgan fingerprint density at radius 2 is 2.16 bits per heavy atom. The SMILES string of the molecule is O=C(Cc1cccc([N+](=O)[O-])c1)OC1(C2CC2)CC1. The highest BCUT2D eigenvalue weighted by atomic mass is 16.6. The Morgan fingerprint density at radius 3 is 2.74 bits per heavy atom. The molecule has 5 heteroatoms. The Kier molecular flexibility index (Phi) is 2.77. The molecule has 0 aromatic heterocycles. The van der Waals surface area contributed by atoms with E-state index < -0.39 is 4.92 Å². The van der Waals surface area contributed by atoms with E-state index in [9.17, 15) is 14.9 Å². The summed E-state index contributed by atoms with van der Waals surface area (Å²) < 4.78 is 5.57. The summed E-state index contributed by atoms with van der Waals surface area (Å²) in [6.45, 7) is 0. The molecule has 2 fully saturated rings. The molecular weight excluding hydrogens is 246 g/mol. The van der Waals surface area contributed by atoms with Crippen LogP contribution in [0.25, 0.3) is 0 Å². The lowest BCUT2D eigenvalue weighted by molar-refractivity contribution is -0.384. The van der Waals surface area contributed by atoms with Crippen molar-refractivity contribution in [1.29, 1.82) is 0 Å².